The number of aromatic nitrogens is 1. The molecule has 1 fully saturated rings. The molecule has 2 heterocycles. The van der Waals surface area contributed by atoms with Gasteiger partial charge in [-0.1, -0.05) is 0 Å². The van der Waals surface area contributed by atoms with Crippen molar-refractivity contribution in [1.82, 2.24) is 9.88 Å². The molecule has 0 spiro atoms. The van der Waals surface area contributed by atoms with Gasteiger partial charge in [-0.25, -0.2) is 9.78 Å². The third kappa shape index (κ3) is 2.01. The first-order valence-electron chi connectivity index (χ1n) is 5.12. The van der Waals surface area contributed by atoms with Crippen molar-refractivity contribution in [2.45, 2.75) is 25.5 Å². The number of likely N-dealkylation sites (tertiary alicyclic amines) is 1. The summed E-state index contributed by atoms with van der Waals surface area (Å²) in [5.74, 6) is -1.67. The zero-order valence-electron chi connectivity index (χ0n) is 9.16. The molecule has 2 rings (SSSR count). The molecule has 1 saturated heterocycles. The predicted molar refractivity (Wildman–Crippen MR) is 54.3 cm³/mol. The maximum atomic E-state index is 12.0. The summed E-state index contributed by atoms with van der Waals surface area (Å²) in [6.45, 7) is 1.59. The summed E-state index contributed by atoms with van der Waals surface area (Å²) in [6, 6.07) is -1.01. The molecule has 1 aromatic rings. The Kier molecular flexibility index (Phi) is 2.84. The Morgan fingerprint density at radius 3 is 2.82 bits per heavy atom. The Morgan fingerprint density at radius 1 is 1.59 bits per heavy atom. The molecular weight excluding hydrogens is 228 g/mol. The number of carbonyl (C=O) groups excluding carboxylic acids is 1. The summed E-state index contributed by atoms with van der Waals surface area (Å²) in [7, 11) is 0. The number of aliphatic carboxylic acids is 1. The SMILES string of the molecule is Cc1ncoc1C(=O)N1C[C@H](O)C[C@H]1C(=O)O. The molecule has 7 nitrogen and oxygen atoms in total. The van der Waals surface area contributed by atoms with Crippen LogP contribution in [0.4, 0.5) is 0 Å². The first-order chi connectivity index (χ1) is 8.00. The Balaban J connectivity index is 2.25. The van der Waals surface area contributed by atoms with Gasteiger partial charge in [0.05, 0.1) is 11.8 Å². The van der Waals surface area contributed by atoms with Crippen LogP contribution in [0.1, 0.15) is 22.7 Å². The van der Waals surface area contributed by atoms with Crippen LogP contribution in [0.25, 0.3) is 0 Å². The van der Waals surface area contributed by atoms with Gasteiger partial charge in [-0.3, -0.25) is 4.79 Å². The number of hydrogen-bond acceptors (Lipinski definition) is 5. The van der Waals surface area contributed by atoms with Gasteiger partial charge in [-0.15, -0.1) is 0 Å². The van der Waals surface area contributed by atoms with Crippen molar-refractivity contribution in [1.29, 1.82) is 0 Å². The smallest absolute Gasteiger partial charge is 0.326 e. The van der Waals surface area contributed by atoms with Crippen molar-refractivity contribution in [2.24, 2.45) is 0 Å². The van der Waals surface area contributed by atoms with Crippen LogP contribution in [0, 0.1) is 6.92 Å². The van der Waals surface area contributed by atoms with E-state index in [9.17, 15) is 14.7 Å². The fourth-order valence-electron chi connectivity index (χ4n) is 1.91. The van der Waals surface area contributed by atoms with E-state index in [1.165, 1.54) is 0 Å². The molecule has 2 atom stereocenters. The highest BCUT2D eigenvalue weighted by atomic mass is 16.4. The number of nitrogens with zero attached hydrogens (tertiary/aromatic N) is 2. The number of oxazole rings is 1. The van der Waals surface area contributed by atoms with Crippen molar-refractivity contribution in [3.05, 3.63) is 17.8 Å². The minimum atomic E-state index is -1.13. The molecule has 92 valence electrons. The molecule has 7 heteroatoms. The Bertz CT molecular complexity index is 455. The van der Waals surface area contributed by atoms with Crippen molar-refractivity contribution in [3.8, 4) is 0 Å². The van der Waals surface area contributed by atoms with Crippen molar-refractivity contribution in [3.63, 3.8) is 0 Å². The van der Waals surface area contributed by atoms with Gasteiger partial charge >= 0.3 is 5.97 Å². The van der Waals surface area contributed by atoms with E-state index in [1.807, 2.05) is 0 Å². The van der Waals surface area contributed by atoms with Gasteiger partial charge in [0.25, 0.3) is 5.91 Å². The molecule has 17 heavy (non-hydrogen) atoms. The molecule has 1 amide bonds. The van der Waals surface area contributed by atoms with Crippen LogP contribution < -0.4 is 0 Å². The first-order valence-corrected chi connectivity index (χ1v) is 5.12. The predicted octanol–water partition coefficient (Wildman–Crippen LogP) is -0.357. The number of carbonyl (C=O) groups is 2. The third-order valence-electron chi connectivity index (χ3n) is 2.76. The summed E-state index contributed by atoms with van der Waals surface area (Å²) in [6.07, 6.45) is 0.349. The molecule has 1 aliphatic rings. The van der Waals surface area contributed by atoms with Gasteiger partial charge < -0.3 is 19.5 Å². The lowest BCUT2D eigenvalue weighted by Gasteiger charge is -2.19. The van der Waals surface area contributed by atoms with E-state index in [-0.39, 0.29) is 18.7 Å². The van der Waals surface area contributed by atoms with Gasteiger partial charge in [-0.2, -0.15) is 0 Å². The van der Waals surface area contributed by atoms with Crippen LogP contribution in [-0.4, -0.2) is 50.7 Å². The van der Waals surface area contributed by atoms with Gasteiger partial charge in [0.2, 0.25) is 5.76 Å². The van der Waals surface area contributed by atoms with E-state index in [4.69, 9.17) is 9.52 Å². The number of carboxylic acid groups (broad SMARTS) is 1. The highest BCUT2D eigenvalue weighted by Gasteiger charge is 2.40. The molecule has 0 aromatic carbocycles. The molecule has 2 N–H and O–H groups in total. The highest BCUT2D eigenvalue weighted by Crippen LogP contribution is 2.21. The van der Waals surface area contributed by atoms with Crippen molar-refractivity contribution >= 4 is 11.9 Å². The Morgan fingerprint density at radius 2 is 2.29 bits per heavy atom. The van der Waals surface area contributed by atoms with Crippen LogP contribution in [0.3, 0.4) is 0 Å². The number of aliphatic hydroxyl groups is 1. The van der Waals surface area contributed by atoms with Crippen LogP contribution in [0.5, 0.6) is 0 Å². The van der Waals surface area contributed by atoms with Crippen LogP contribution >= 0.6 is 0 Å². The third-order valence-corrected chi connectivity index (χ3v) is 2.76. The molecular formula is C10H12N2O5. The van der Waals surface area contributed by atoms with Crippen LogP contribution in [0.15, 0.2) is 10.8 Å². The lowest BCUT2D eigenvalue weighted by Crippen LogP contribution is -2.40. The van der Waals surface area contributed by atoms with Gasteiger partial charge in [0.1, 0.15) is 6.04 Å². The number of hydrogen-bond donors (Lipinski definition) is 2. The summed E-state index contributed by atoms with van der Waals surface area (Å²) in [4.78, 5) is 27.8. The largest absolute Gasteiger partial charge is 0.480 e. The Labute approximate surface area is 96.7 Å². The number of aryl methyl sites for hydroxylation is 1. The molecule has 1 aliphatic heterocycles. The minimum Gasteiger partial charge on any atom is -0.480 e. The van der Waals surface area contributed by atoms with E-state index in [2.05, 4.69) is 4.98 Å². The number of aliphatic hydroxyl groups excluding tert-OH is 1. The zero-order valence-corrected chi connectivity index (χ0v) is 9.16. The Hall–Kier alpha value is -1.89. The second-order valence-corrected chi connectivity index (χ2v) is 3.97. The maximum Gasteiger partial charge on any atom is 0.326 e. The lowest BCUT2D eigenvalue weighted by atomic mass is 10.2. The van der Waals surface area contributed by atoms with E-state index in [0.29, 0.717) is 5.69 Å². The average Bonchev–Trinajstić information content (AvgIpc) is 2.83. The number of carboxylic acids is 1. The van der Waals surface area contributed by atoms with Gasteiger partial charge in [0, 0.05) is 13.0 Å². The summed E-state index contributed by atoms with van der Waals surface area (Å²) < 4.78 is 4.92. The monoisotopic (exact) mass is 240 g/mol. The van der Waals surface area contributed by atoms with E-state index >= 15 is 0 Å². The minimum absolute atomic E-state index is 0.00403. The fourth-order valence-corrected chi connectivity index (χ4v) is 1.91. The molecule has 0 bridgehead atoms. The van der Waals surface area contributed by atoms with Crippen molar-refractivity contribution < 1.29 is 24.2 Å². The maximum absolute atomic E-state index is 12.0. The van der Waals surface area contributed by atoms with E-state index in [0.717, 1.165) is 11.3 Å². The van der Waals surface area contributed by atoms with Gasteiger partial charge in [0.15, 0.2) is 6.39 Å². The summed E-state index contributed by atoms with van der Waals surface area (Å²) in [5.41, 5.74) is 0.403. The first kappa shape index (κ1) is 11.6. The van der Waals surface area contributed by atoms with Crippen LogP contribution in [-0.2, 0) is 4.79 Å². The summed E-state index contributed by atoms with van der Waals surface area (Å²) >= 11 is 0. The normalized spacial score (nSPS) is 24.0. The second kappa shape index (κ2) is 4.17. The fraction of sp³-hybridized carbons (Fsp3) is 0.500. The van der Waals surface area contributed by atoms with Crippen LogP contribution in [0.2, 0.25) is 0 Å². The van der Waals surface area contributed by atoms with E-state index in [1.54, 1.807) is 6.92 Å². The highest BCUT2D eigenvalue weighted by molar-refractivity contribution is 5.95. The quantitative estimate of drug-likeness (QED) is 0.731. The molecule has 0 unspecified atom stereocenters. The molecule has 0 radical (unpaired) electrons. The summed E-state index contributed by atoms with van der Waals surface area (Å²) in [5, 5.41) is 18.4. The standard InChI is InChI=1S/C10H12N2O5/c1-5-8(17-4-11-5)9(14)12-3-6(13)2-7(12)10(15)16/h4,6-7,13H,2-3H2,1H3,(H,15,16)/t6-,7+/m1/s1. The molecule has 1 aromatic heterocycles. The topological polar surface area (TPSA) is 104 Å². The lowest BCUT2D eigenvalue weighted by molar-refractivity contribution is -0.141. The molecule has 0 saturated carbocycles. The van der Waals surface area contributed by atoms with Crippen molar-refractivity contribution in [2.75, 3.05) is 6.54 Å². The van der Waals surface area contributed by atoms with Gasteiger partial charge in [-0.05, 0) is 6.92 Å². The number of amides is 1. The average molecular weight is 240 g/mol. The molecule has 0 aliphatic carbocycles. The number of rotatable bonds is 2. The second-order valence-electron chi connectivity index (χ2n) is 3.97. The zero-order chi connectivity index (χ0) is 12.6. The number of β-amino-alcohol motifs (C(OH)–C–C–N with tert-alkyl or cyclic N) is 1. The van der Waals surface area contributed by atoms with E-state index < -0.39 is 24.0 Å².